The van der Waals surface area contributed by atoms with Crippen LogP contribution in [0.5, 0.6) is 5.75 Å². The summed E-state index contributed by atoms with van der Waals surface area (Å²) < 4.78 is 6.14. The summed E-state index contributed by atoms with van der Waals surface area (Å²) in [5.41, 5.74) is 2.23. The van der Waals surface area contributed by atoms with E-state index in [0.29, 0.717) is 0 Å². The number of hydrogen-bond donors (Lipinski definition) is 0. The van der Waals surface area contributed by atoms with Crippen molar-refractivity contribution in [2.45, 2.75) is 6.92 Å². The molecule has 0 saturated heterocycles. The average Bonchev–Trinajstić information content (AvgIpc) is 2.08. The third-order valence-corrected chi connectivity index (χ3v) is 2.50. The first kappa shape index (κ1) is 9.33. The number of aryl methyl sites for hydroxylation is 1. The van der Waals surface area contributed by atoms with Crippen LogP contribution in [0.25, 0.3) is 6.08 Å². The van der Waals surface area contributed by atoms with Gasteiger partial charge in [0.25, 0.3) is 0 Å². The highest BCUT2D eigenvalue weighted by molar-refractivity contribution is 9.10. The summed E-state index contributed by atoms with van der Waals surface area (Å²) in [6.45, 7) is 5.75. The number of methoxy groups -OCH3 is 1. The predicted molar refractivity (Wildman–Crippen MR) is 55.5 cm³/mol. The van der Waals surface area contributed by atoms with Crippen molar-refractivity contribution in [3.63, 3.8) is 0 Å². The minimum atomic E-state index is 0.852. The molecule has 0 fully saturated rings. The third-order valence-electron chi connectivity index (χ3n) is 1.65. The van der Waals surface area contributed by atoms with Crippen LogP contribution in [0.2, 0.25) is 0 Å². The van der Waals surface area contributed by atoms with Crippen molar-refractivity contribution in [2.24, 2.45) is 0 Å². The molecule has 0 spiro atoms. The molecule has 64 valence electrons. The minimum Gasteiger partial charge on any atom is -0.496 e. The summed E-state index contributed by atoms with van der Waals surface area (Å²) in [7, 11) is 1.66. The van der Waals surface area contributed by atoms with E-state index >= 15 is 0 Å². The smallest absolute Gasteiger partial charge is 0.133 e. The van der Waals surface area contributed by atoms with Crippen molar-refractivity contribution in [2.75, 3.05) is 7.11 Å². The quantitative estimate of drug-likeness (QED) is 0.752. The minimum absolute atomic E-state index is 0.852. The standard InChI is InChI=1S/C10H11BrO/c1-4-8-5-7(2)6-9(12-3)10(8)11/h4-6H,1H2,2-3H3. The lowest BCUT2D eigenvalue weighted by atomic mass is 10.1. The fraction of sp³-hybridized carbons (Fsp3) is 0.200. The third kappa shape index (κ3) is 1.69. The van der Waals surface area contributed by atoms with Crippen molar-refractivity contribution in [3.05, 3.63) is 34.3 Å². The van der Waals surface area contributed by atoms with Crippen LogP contribution in [-0.4, -0.2) is 7.11 Å². The summed E-state index contributed by atoms with van der Waals surface area (Å²) in [6, 6.07) is 4.04. The van der Waals surface area contributed by atoms with Gasteiger partial charge in [0.2, 0.25) is 0 Å². The second-order valence-electron chi connectivity index (χ2n) is 2.57. The zero-order valence-corrected chi connectivity index (χ0v) is 8.81. The largest absolute Gasteiger partial charge is 0.496 e. The molecule has 1 aromatic rings. The van der Waals surface area contributed by atoms with Crippen molar-refractivity contribution in [1.82, 2.24) is 0 Å². The van der Waals surface area contributed by atoms with Gasteiger partial charge in [0.15, 0.2) is 0 Å². The fourth-order valence-corrected chi connectivity index (χ4v) is 1.61. The number of benzene rings is 1. The molecule has 0 atom stereocenters. The summed E-state index contributed by atoms with van der Waals surface area (Å²) in [6.07, 6.45) is 1.81. The Hall–Kier alpha value is -0.760. The lowest BCUT2D eigenvalue weighted by Crippen LogP contribution is -1.88. The second kappa shape index (κ2) is 3.76. The zero-order chi connectivity index (χ0) is 9.14. The van der Waals surface area contributed by atoms with Crippen LogP contribution in [0.3, 0.4) is 0 Å². The summed E-state index contributed by atoms with van der Waals surface area (Å²) >= 11 is 3.44. The molecule has 0 radical (unpaired) electrons. The van der Waals surface area contributed by atoms with E-state index in [1.165, 1.54) is 5.56 Å². The molecule has 0 amide bonds. The van der Waals surface area contributed by atoms with Crippen molar-refractivity contribution in [3.8, 4) is 5.75 Å². The molecule has 1 rings (SSSR count). The first-order valence-electron chi connectivity index (χ1n) is 3.65. The molecule has 1 nitrogen and oxygen atoms in total. The van der Waals surface area contributed by atoms with Gasteiger partial charge < -0.3 is 4.74 Å². The van der Waals surface area contributed by atoms with Gasteiger partial charge in [-0.25, -0.2) is 0 Å². The van der Waals surface area contributed by atoms with Gasteiger partial charge in [0.05, 0.1) is 11.6 Å². The molecule has 0 unspecified atom stereocenters. The van der Waals surface area contributed by atoms with Crippen LogP contribution in [0.4, 0.5) is 0 Å². The SMILES string of the molecule is C=Cc1cc(C)cc(OC)c1Br. The highest BCUT2D eigenvalue weighted by Crippen LogP contribution is 2.30. The molecule has 2 heteroatoms. The Morgan fingerprint density at radius 2 is 2.17 bits per heavy atom. The molecular formula is C10H11BrO. The van der Waals surface area contributed by atoms with Gasteiger partial charge in [-0.2, -0.15) is 0 Å². The Morgan fingerprint density at radius 1 is 1.50 bits per heavy atom. The molecule has 1 aromatic carbocycles. The van der Waals surface area contributed by atoms with Crippen molar-refractivity contribution < 1.29 is 4.74 Å². The van der Waals surface area contributed by atoms with E-state index in [4.69, 9.17) is 4.74 Å². The van der Waals surface area contributed by atoms with Gasteiger partial charge in [-0.05, 0) is 40.0 Å². The van der Waals surface area contributed by atoms with Gasteiger partial charge in [-0.1, -0.05) is 18.7 Å². The maximum atomic E-state index is 5.17. The van der Waals surface area contributed by atoms with Gasteiger partial charge >= 0.3 is 0 Å². The number of halogens is 1. The maximum Gasteiger partial charge on any atom is 0.133 e. The van der Waals surface area contributed by atoms with Crippen LogP contribution >= 0.6 is 15.9 Å². The lowest BCUT2D eigenvalue weighted by Gasteiger charge is -2.07. The number of hydrogen-bond acceptors (Lipinski definition) is 1. The Bertz CT molecular complexity index is 305. The van der Waals surface area contributed by atoms with Crippen LogP contribution in [0, 0.1) is 6.92 Å². The van der Waals surface area contributed by atoms with Gasteiger partial charge in [-0.3, -0.25) is 0 Å². The van der Waals surface area contributed by atoms with Crippen LogP contribution in [0.15, 0.2) is 23.2 Å². The first-order chi connectivity index (χ1) is 5.69. The zero-order valence-electron chi connectivity index (χ0n) is 7.23. The number of rotatable bonds is 2. The molecule has 0 N–H and O–H groups in total. The molecule has 0 bridgehead atoms. The second-order valence-corrected chi connectivity index (χ2v) is 3.37. The lowest BCUT2D eigenvalue weighted by molar-refractivity contribution is 0.411. The molecule has 0 aliphatic rings. The average molecular weight is 227 g/mol. The normalized spacial score (nSPS) is 9.58. The van der Waals surface area contributed by atoms with Gasteiger partial charge in [0, 0.05) is 0 Å². The summed E-state index contributed by atoms with van der Waals surface area (Å²) in [5, 5.41) is 0. The molecule has 0 aliphatic heterocycles. The molecule has 0 aromatic heterocycles. The van der Waals surface area contributed by atoms with Gasteiger partial charge in [-0.15, -0.1) is 0 Å². The summed E-state index contributed by atoms with van der Waals surface area (Å²) in [5.74, 6) is 0.852. The Balaban J connectivity index is 3.31. The Morgan fingerprint density at radius 3 is 2.67 bits per heavy atom. The maximum absolute atomic E-state index is 5.17. The highest BCUT2D eigenvalue weighted by Gasteiger charge is 2.04. The highest BCUT2D eigenvalue weighted by atomic mass is 79.9. The summed E-state index contributed by atoms with van der Waals surface area (Å²) in [4.78, 5) is 0. The van der Waals surface area contributed by atoms with Crippen LogP contribution in [0.1, 0.15) is 11.1 Å². The van der Waals surface area contributed by atoms with E-state index in [0.717, 1.165) is 15.8 Å². The van der Waals surface area contributed by atoms with Crippen molar-refractivity contribution >= 4 is 22.0 Å². The van der Waals surface area contributed by atoms with E-state index in [2.05, 4.69) is 28.6 Å². The van der Waals surface area contributed by atoms with E-state index in [9.17, 15) is 0 Å². The van der Waals surface area contributed by atoms with Crippen molar-refractivity contribution in [1.29, 1.82) is 0 Å². The molecule has 0 saturated carbocycles. The van der Waals surface area contributed by atoms with E-state index in [1.807, 2.05) is 13.0 Å². The topological polar surface area (TPSA) is 9.23 Å². The predicted octanol–water partition coefficient (Wildman–Crippen LogP) is 3.41. The van der Waals surface area contributed by atoms with E-state index in [-0.39, 0.29) is 0 Å². The Labute approximate surface area is 81.2 Å². The first-order valence-corrected chi connectivity index (χ1v) is 4.45. The monoisotopic (exact) mass is 226 g/mol. The Kier molecular flexibility index (Phi) is 2.93. The molecular weight excluding hydrogens is 216 g/mol. The molecule has 0 aliphatic carbocycles. The van der Waals surface area contributed by atoms with E-state index in [1.54, 1.807) is 13.2 Å². The molecule has 0 heterocycles. The van der Waals surface area contributed by atoms with Crippen LogP contribution < -0.4 is 4.74 Å². The van der Waals surface area contributed by atoms with E-state index < -0.39 is 0 Å². The van der Waals surface area contributed by atoms with Gasteiger partial charge in [0.1, 0.15) is 5.75 Å². The fourth-order valence-electron chi connectivity index (χ4n) is 1.06. The number of ether oxygens (including phenoxy) is 1. The van der Waals surface area contributed by atoms with Crippen LogP contribution in [-0.2, 0) is 0 Å². The molecule has 12 heavy (non-hydrogen) atoms.